The molecule has 2 atom stereocenters. The van der Waals surface area contributed by atoms with Crippen molar-refractivity contribution in [3.05, 3.63) is 59.6 Å². The number of carbonyl (C=O) groups is 3. The van der Waals surface area contributed by atoms with Gasteiger partial charge in [-0.1, -0.05) is 53.0 Å². The van der Waals surface area contributed by atoms with Crippen LogP contribution in [-0.2, 0) is 21.4 Å². The van der Waals surface area contributed by atoms with Crippen molar-refractivity contribution in [3.63, 3.8) is 0 Å². The molecular weight excluding hydrogens is 525 g/mol. The van der Waals surface area contributed by atoms with E-state index in [4.69, 9.17) is 39.5 Å². The number of rotatable bonds is 7. The standard InChI is InChI=1S/C26H28Cl3N3O4/c1-30-13-19(24(34)26(27,28)29)18(20(14-30)25(35)32-10-6-8-17(32)15-36-3)12-23(33)22-11-16-7-4-5-9-21(16)31(22)2/h4-5,7,9,11,13-14,17-18H,6,8,10,12,15H2,1-3H3. The van der Waals surface area contributed by atoms with Crippen LogP contribution in [0, 0.1) is 5.92 Å². The SMILES string of the molecule is COCC1CCCN1C(=O)C1=CN(C)C=C(C(=O)C(Cl)(Cl)Cl)C1CC(=O)c1cc2ccccc2n1C. The van der Waals surface area contributed by atoms with Gasteiger partial charge in [0, 0.05) is 74.5 Å². The summed E-state index contributed by atoms with van der Waals surface area (Å²) in [5.74, 6) is -2.10. The maximum atomic E-state index is 13.8. The smallest absolute Gasteiger partial charge is 0.253 e. The van der Waals surface area contributed by atoms with Gasteiger partial charge in [-0.05, 0) is 25.0 Å². The van der Waals surface area contributed by atoms with Crippen LogP contribution in [0.3, 0.4) is 0 Å². The zero-order valence-corrected chi connectivity index (χ0v) is 22.6. The summed E-state index contributed by atoms with van der Waals surface area (Å²) >= 11 is 17.9. The van der Waals surface area contributed by atoms with Crippen molar-refractivity contribution >= 4 is 63.2 Å². The first kappa shape index (κ1) is 26.7. The Labute approximate surface area is 225 Å². The van der Waals surface area contributed by atoms with Gasteiger partial charge in [-0.25, -0.2) is 0 Å². The zero-order chi connectivity index (χ0) is 26.2. The van der Waals surface area contributed by atoms with Crippen LogP contribution in [0.2, 0.25) is 0 Å². The minimum Gasteiger partial charge on any atom is -0.383 e. The van der Waals surface area contributed by atoms with E-state index in [1.165, 1.54) is 6.20 Å². The zero-order valence-electron chi connectivity index (χ0n) is 20.3. The maximum Gasteiger partial charge on any atom is 0.253 e. The average Bonchev–Trinajstić information content (AvgIpc) is 3.43. The number of carbonyl (C=O) groups excluding carboxylic acids is 3. The molecule has 0 aliphatic carbocycles. The van der Waals surface area contributed by atoms with Gasteiger partial charge in [0.25, 0.3) is 9.70 Å². The number of Topliss-reactive ketones (excluding diaryl/α,β-unsaturated/α-hetero) is 2. The number of aryl methyl sites for hydroxylation is 1. The van der Waals surface area contributed by atoms with E-state index in [0.717, 1.165) is 23.7 Å². The van der Waals surface area contributed by atoms with Gasteiger partial charge in [0.05, 0.1) is 18.3 Å². The number of aromatic nitrogens is 1. The molecule has 4 rings (SSSR count). The minimum absolute atomic E-state index is 0.0820. The van der Waals surface area contributed by atoms with E-state index < -0.39 is 15.5 Å². The molecular formula is C26H28Cl3N3O4. The number of para-hydroxylation sites is 1. The first-order valence-electron chi connectivity index (χ1n) is 11.7. The molecule has 10 heteroatoms. The lowest BCUT2D eigenvalue weighted by Gasteiger charge is -2.33. The Bertz CT molecular complexity index is 1260. The summed E-state index contributed by atoms with van der Waals surface area (Å²) in [6.45, 7) is 0.972. The Hall–Kier alpha value is -2.32. The number of methoxy groups -OCH3 is 1. The van der Waals surface area contributed by atoms with Crippen LogP contribution in [0.1, 0.15) is 29.8 Å². The highest BCUT2D eigenvalue weighted by Gasteiger charge is 2.43. The number of halogens is 3. The Balaban J connectivity index is 1.73. The van der Waals surface area contributed by atoms with Crippen molar-refractivity contribution in [2.24, 2.45) is 13.0 Å². The summed E-state index contributed by atoms with van der Waals surface area (Å²) < 4.78 is 4.89. The number of fused-ring (bicyclic) bond motifs is 1. The number of likely N-dealkylation sites (tertiary alicyclic amines) is 1. The lowest BCUT2D eigenvalue weighted by atomic mass is 9.82. The van der Waals surface area contributed by atoms with E-state index in [0.29, 0.717) is 24.4 Å². The molecule has 0 saturated carbocycles. The Kier molecular flexibility index (Phi) is 7.86. The fourth-order valence-electron chi connectivity index (χ4n) is 5.11. The molecule has 0 spiro atoms. The molecule has 2 aliphatic heterocycles. The molecule has 7 nitrogen and oxygen atoms in total. The number of allylic oxidation sites excluding steroid dienone is 1. The summed E-state index contributed by atoms with van der Waals surface area (Å²) in [7, 11) is 5.10. The van der Waals surface area contributed by atoms with E-state index in [1.807, 2.05) is 41.9 Å². The van der Waals surface area contributed by atoms with Crippen molar-refractivity contribution in [2.75, 3.05) is 27.3 Å². The first-order chi connectivity index (χ1) is 17.0. The number of hydrogen-bond acceptors (Lipinski definition) is 5. The number of alkyl halides is 3. The highest BCUT2D eigenvalue weighted by molar-refractivity contribution is 6.77. The van der Waals surface area contributed by atoms with E-state index in [9.17, 15) is 14.4 Å². The van der Waals surface area contributed by atoms with Crippen LogP contribution >= 0.6 is 34.8 Å². The fraction of sp³-hybridized carbons (Fsp3) is 0.423. The first-order valence-corrected chi connectivity index (χ1v) is 12.8. The minimum atomic E-state index is -2.23. The van der Waals surface area contributed by atoms with Crippen molar-refractivity contribution in [2.45, 2.75) is 29.1 Å². The van der Waals surface area contributed by atoms with Gasteiger partial charge in [0.2, 0.25) is 5.78 Å². The number of hydrogen-bond donors (Lipinski definition) is 0. The summed E-state index contributed by atoms with van der Waals surface area (Å²) in [5.41, 5.74) is 1.80. The number of ether oxygens (including phenoxy) is 1. The third-order valence-corrected chi connectivity index (χ3v) is 7.34. The molecule has 1 amide bonds. The molecule has 0 N–H and O–H groups in total. The summed E-state index contributed by atoms with van der Waals surface area (Å²) in [4.78, 5) is 43.9. The molecule has 2 unspecified atom stereocenters. The van der Waals surface area contributed by atoms with Gasteiger partial charge in [0.15, 0.2) is 5.78 Å². The second-order valence-corrected chi connectivity index (χ2v) is 11.5. The van der Waals surface area contributed by atoms with Crippen LogP contribution in [0.25, 0.3) is 10.9 Å². The van der Waals surface area contributed by atoms with Crippen LogP contribution < -0.4 is 0 Å². The molecule has 0 radical (unpaired) electrons. The largest absolute Gasteiger partial charge is 0.383 e. The lowest BCUT2D eigenvalue weighted by molar-refractivity contribution is -0.129. The van der Waals surface area contributed by atoms with Crippen molar-refractivity contribution in [1.82, 2.24) is 14.4 Å². The third kappa shape index (κ3) is 5.21. The van der Waals surface area contributed by atoms with Crippen molar-refractivity contribution < 1.29 is 19.1 Å². The predicted octanol–water partition coefficient (Wildman–Crippen LogP) is 4.66. The van der Waals surface area contributed by atoms with Crippen LogP contribution in [0.15, 0.2) is 53.9 Å². The Morgan fingerprint density at radius 2 is 1.78 bits per heavy atom. The van der Waals surface area contributed by atoms with Crippen LogP contribution in [0.4, 0.5) is 0 Å². The lowest BCUT2D eigenvalue weighted by Crippen LogP contribution is -2.43. The Morgan fingerprint density at radius 1 is 1.08 bits per heavy atom. The van der Waals surface area contributed by atoms with Gasteiger partial charge in [-0.2, -0.15) is 0 Å². The fourth-order valence-corrected chi connectivity index (χ4v) is 5.44. The highest BCUT2D eigenvalue weighted by atomic mass is 35.6. The molecule has 1 aromatic heterocycles. The molecule has 36 heavy (non-hydrogen) atoms. The topological polar surface area (TPSA) is 71.8 Å². The molecule has 192 valence electrons. The maximum absolute atomic E-state index is 13.8. The van der Waals surface area contributed by atoms with Gasteiger partial charge in [-0.15, -0.1) is 0 Å². The van der Waals surface area contributed by atoms with Crippen LogP contribution in [0.5, 0.6) is 0 Å². The summed E-state index contributed by atoms with van der Waals surface area (Å²) in [6.07, 6.45) is 4.71. The van der Waals surface area contributed by atoms with Crippen LogP contribution in [-0.4, -0.2) is 69.0 Å². The van der Waals surface area contributed by atoms with E-state index in [-0.39, 0.29) is 29.7 Å². The molecule has 3 heterocycles. The molecule has 2 aliphatic rings. The van der Waals surface area contributed by atoms with Gasteiger partial charge in [0.1, 0.15) is 0 Å². The average molecular weight is 553 g/mol. The second kappa shape index (κ2) is 10.6. The van der Waals surface area contributed by atoms with E-state index in [2.05, 4.69) is 0 Å². The molecule has 1 fully saturated rings. The monoisotopic (exact) mass is 551 g/mol. The summed E-state index contributed by atoms with van der Waals surface area (Å²) in [5, 5.41) is 0.922. The van der Waals surface area contributed by atoms with Gasteiger partial charge < -0.3 is 19.1 Å². The predicted molar refractivity (Wildman–Crippen MR) is 141 cm³/mol. The number of ketones is 2. The molecule has 2 aromatic rings. The molecule has 1 saturated heterocycles. The number of amides is 1. The van der Waals surface area contributed by atoms with Gasteiger partial charge >= 0.3 is 0 Å². The summed E-state index contributed by atoms with van der Waals surface area (Å²) in [6, 6.07) is 9.39. The van der Waals surface area contributed by atoms with Crippen molar-refractivity contribution in [1.29, 1.82) is 0 Å². The second-order valence-electron chi connectivity index (χ2n) is 9.24. The van der Waals surface area contributed by atoms with Gasteiger partial charge in [-0.3, -0.25) is 14.4 Å². The molecule has 0 bridgehead atoms. The Morgan fingerprint density at radius 3 is 2.44 bits per heavy atom. The number of benzene rings is 1. The molecule has 1 aromatic carbocycles. The van der Waals surface area contributed by atoms with E-state index in [1.54, 1.807) is 30.2 Å². The normalized spacial score (nSPS) is 20.5. The quantitative estimate of drug-likeness (QED) is 0.369. The number of nitrogens with zero attached hydrogens (tertiary/aromatic N) is 3. The highest BCUT2D eigenvalue weighted by Crippen LogP contribution is 2.39. The van der Waals surface area contributed by atoms with E-state index >= 15 is 0 Å². The third-order valence-electron chi connectivity index (χ3n) is 6.83. The van der Waals surface area contributed by atoms with Crippen molar-refractivity contribution in [3.8, 4) is 0 Å².